The Labute approximate surface area is 172 Å². The average Bonchev–Trinajstić information content (AvgIpc) is 3.40. The molecule has 1 unspecified atom stereocenters. The fourth-order valence-electron chi connectivity index (χ4n) is 3.36. The van der Waals surface area contributed by atoms with Crippen LogP contribution in [0.2, 0.25) is 0 Å². The van der Waals surface area contributed by atoms with Gasteiger partial charge in [0.05, 0.1) is 18.0 Å². The first-order valence-corrected chi connectivity index (χ1v) is 11.1. The molecule has 0 saturated carbocycles. The number of hydrogen-bond donors (Lipinski definition) is 1. The van der Waals surface area contributed by atoms with E-state index < -0.39 is 0 Å². The van der Waals surface area contributed by atoms with Gasteiger partial charge in [0.15, 0.2) is 0 Å². The zero-order chi connectivity index (χ0) is 19.3. The smallest absolute Gasteiger partial charge is 0.229 e. The average molecular weight is 412 g/mol. The van der Waals surface area contributed by atoms with Crippen molar-refractivity contribution in [2.45, 2.75) is 19.3 Å². The summed E-state index contributed by atoms with van der Waals surface area (Å²) in [4.78, 5) is 31.7. The molecule has 7 heteroatoms. The van der Waals surface area contributed by atoms with Crippen LogP contribution in [-0.2, 0) is 16.0 Å². The lowest BCUT2D eigenvalue weighted by Crippen LogP contribution is -2.44. The number of benzene rings is 1. The molecule has 2 aromatic heterocycles. The van der Waals surface area contributed by atoms with E-state index in [0.29, 0.717) is 13.1 Å². The monoisotopic (exact) mass is 411 g/mol. The Morgan fingerprint density at radius 3 is 2.82 bits per heavy atom. The predicted octanol–water partition coefficient (Wildman–Crippen LogP) is 4.29. The minimum atomic E-state index is -0.172. The molecule has 28 heavy (non-hydrogen) atoms. The number of nitrogens with one attached hydrogen (secondary N) is 1. The van der Waals surface area contributed by atoms with E-state index in [9.17, 15) is 9.59 Å². The summed E-state index contributed by atoms with van der Waals surface area (Å²) in [6, 6.07) is 11.5. The Morgan fingerprint density at radius 1 is 1.18 bits per heavy atom. The van der Waals surface area contributed by atoms with Gasteiger partial charge < -0.3 is 10.2 Å². The number of carbonyl (C=O) groups excluding carboxylic acids is 2. The molecule has 2 amide bonds. The van der Waals surface area contributed by atoms with E-state index in [1.807, 2.05) is 52.1 Å². The van der Waals surface area contributed by atoms with Gasteiger partial charge in [-0.3, -0.25) is 9.59 Å². The lowest BCUT2D eigenvalue weighted by molar-refractivity contribution is -0.134. The third kappa shape index (κ3) is 4.48. The molecule has 0 aliphatic carbocycles. The summed E-state index contributed by atoms with van der Waals surface area (Å²) in [7, 11) is 0. The van der Waals surface area contributed by atoms with Crippen molar-refractivity contribution in [3.8, 4) is 10.6 Å². The van der Waals surface area contributed by atoms with Crippen LogP contribution in [0.5, 0.6) is 0 Å². The number of carbonyl (C=O) groups is 2. The van der Waals surface area contributed by atoms with Crippen molar-refractivity contribution in [2.24, 2.45) is 5.92 Å². The standard InChI is InChI=1S/C21H21N3O2S2/c25-19(11-18-14-28-21(23-18)16-8-10-27-13-16)24-9-4-5-15(12-24)20(26)22-17-6-2-1-3-7-17/h1-3,6-8,10,13-15H,4-5,9,11-12H2,(H,22,26). The number of amides is 2. The molecule has 144 valence electrons. The minimum Gasteiger partial charge on any atom is -0.342 e. The van der Waals surface area contributed by atoms with E-state index in [1.54, 1.807) is 22.7 Å². The van der Waals surface area contributed by atoms with Gasteiger partial charge in [-0.2, -0.15) is 11.3 Å². The number of anilines is 1. The molecule has 4 rings (SSSR count). The van der Waals surface area contributed by atoms with Gasteiger partial charge in [-0.15, -0.1) is 11.3 Å². The van der Waals surface area contributed by atoms with Crippen molar-refractivity contribution in [3.05, 3.63) is 58.2 Å². The first kappa shape index (κ1) is 18.8. The molecule has 0 radical (unpaired) electrons. The quantitative estimate of drug-likeness (QED) is 0.681. The molecular weight excluding hydrogens is 390 g/mol. The topological polar surface area (TPSA) is 62.3 Å². The first-order valence-electron chi connectivity index (χ1n) is 9.30. The highest BCUT2D eigenvalue weighted by Crippen LogP contribution is 2.26. The maximum atomic E-state index is 12.8. The normalized spacial score (nSPS) is 16.7. The number of aromatic nitrogens is 1. The van der Waals surface area contributed by atoms with Gasteiger partial charge in [0.2, 0.25) is 11.8 Å². The zero-order valence-corrected chi connectivity index (χ0v) is 17.0. The zero-order valence-electron chi connectivity index (χ0n) is 15.3. The van der Waals surface area contributed by atoms with Gasteiger partial charge in [-0.05, 0) is 36.4 Å². The highest BCUT2D eigenvalue weighted by Gasteiger charge is 2.28. The molecular formula is C21H21N3O2S2. The summed E-state index contributed by atoms with van der Waals surface area (Å²) in [5, 5.41) is 9.94. The number of hydrogen-bond acceptors (Lipinski definition) is 5. The van der Waals surface area contributed by atoms with Crippen LogP contribution in [0.3, 0.4) is 0 Å². The highest BCUT2D eigenvalue weighted by molar-refractivity contribution is 7.14. The van der Waals surface area contributed by atoms with Crippen molar-refractivity contribution < 1.29 is 9.59 Å². The third-order valence-electron chi connectivity index (χ3n) is 4.84. The Bertz CT molecular complexity index is 938. The second-order valence-electron chi connectivity index (χ2n) is 6.87. The number of piperidine rings is 1. The Morgan fingerprint density at radius 2 is 2.04 bits per heavy atom. The van der Waals surface area contributed by atoms with E-state index >= 15 is 0 Å². The van der Waals surface area contributed by atoms with Crippen LogP contribution in [-0.4, -0.2) is 34.8 Å². The Hall–Kier alpha value is -2.51. The van der Waals surface area contributed by atoms with Crippen molar-refractivity contribution in [3.63, 3.8) is 0 Å². The van der Waals surface area contributed by atoms with Crippen LogP contribution in [0.25, 0.3) is 10.6 Å². The van der Waals surface area contributed by atoms with Gasteiger partial charge in [-0.1, -0.05) is 18.2 Å². The molecule has 0 bridgehead atoms. The molecule has 1 aliphatic rings. The van der Waals surface area contributed by atoms with Crippen LogP contribution in [0.1, 0.15) is 18.5 Å². The van der Waals surface area contributed by atoms with Crippen LogP contribution < -0.4 is 5.32 Å². The van der Waals surface area contributed by atoms with E-state index in [4.69, 9.17) is 0 Å². The second kappa shape index (κ2) is 8.67. The molecule has 1 aromatic carbocycles. The predicted molar refractivity (Wildman–Crippen MR) is 114 cm³/mol. The summed E-state index contributed by atoms with van der Waals surface area (Å²) < 4.78 is 0. The Balaban J connectivity index is 1.35. The fourth-order valence-corrected chi connectivity index (χ4v) is 4.89. The van der Waals surface area contributed by atoms with Gasteiger partial charge in [-0.25, -0.2) is 4.98 Å². The van der Waals surface area contributed by atoms with Crippen LogP contribution >= 0.6 is 22.7 Å². The summed E-state index contributed by atoms with van der Waals surface area (Å²) in [5.74, 6) is -0.147. The third-order valence-corrected chi connectivity index (χ3v) is 6.46. The largest absolute Gasteiger partial charge is 0.342 e. The molecule has 0 spiro atoms. The number of nitrogens with zero attached hydrogens (tertiary/aromatic N) is 2. The van der Waals surface area contributed by atoms with Gasteiger partial charge in [0, 0.05) is 35.1 Å². The summed E-state index contributed by atoms with van der Waals surface area (Å²) in [6.07, 6.45) is 1.94. The second-order valence-corrected chi connectivity index (χ2v) is 8.51. The van der Waals surface area contributed by atoms with Crippen molar-refractivity contribution in [1.29, 1.82) is 0 Å². The van der Waals surface area contributed by atoms with Crippen molar-refractivity contribution >= 4 is 40.2 Å². The molecule has 1 aliphatic heterocycles. The number of para-hydroxylation sites is 1. The van der Waals surface area contributed by atoms with Crippen LogP contribution in [0.15, 0.2) is 52.5 Å². The van der Waals surface area contributed by atoms with E-state index in [1.165, 1.54) is 0 Å². The van der Waals surface area contributed by atoms with Gasteiger partial charge in [0.25, 0.3) is 0 Å². The molecule has 3 aromatic rings. The lowest BCUT2D eigenvalue weighted by atomic mass is 9.96. The van der Waals surface area contributed by atoms with E-state index in [-0.39, 0.29) is 24.2 Å². The summed E-state index contributed by atoms with van der Waals surface area (Å²) in [5.41, 5.74) is 2.69. The highest BCUT2D eigenvalue weighted by atomic mass is 32.1. The molecule has 3 heterocycles. The molecule has 1 N–H and O–H groups in total. The molecule has 5 nitrogen and oxygen atoms in total. The number of likely N-dealkylation sites (tertiary alicyclic amines) is 1. The maximum Gasteiger partial charge on any atom is 0.229 e. The van der Waals surface area contributed by atoms with Gasteiger partial charge >= 0.3 is 0 Å². The summed E-state index contributed by atoms with van der Waals surface area (Å²) in [6.45, 7) is 1.18. The number of rotatable bonds is 5. The molecule has 1 saturated heterocycles. The SMILES string of the molecule is O=C(Nc1ccccc1)C1CCCN(C(=O)Cc2csc(-c3ccsc3)n2)C1. The van der Waals surface area contributed by atoms with E-state index in [2.05, 4.69) is 15.7 Å². The molecule has 1 atom stereocenters. The lowest BCUT2D eigenvalue weighted by Gasteiger charge is -2.32. The Kier molecular flexibility index (Phi) is 5.83. The van der Waals surface area contributed by atoms with Crippen molar-refractivity contribution in [2.75, 3.05) is 18.4 Å². The maximum absolute atomic E-state index is 12.8. The van der Waals surface area contributed by atoms with Crippen molar-refractivity contribution in [1.82, 2.24) is 9.88 Å². The first-order chi connectivity index (χ1) is 13.7. The minimum absolute atomic E-state index is 0.0166. The number of thiophene rings is 1. The van der Waals surface area contributed by atoms with Crippen LogP contribution in [0.4, 0.5) is 5.69 Å². The van der Waals surface area contributed by atoms with E-state index in [0.717, 1.165) is 34.8 Å². The molecule has 1 fully saturated rings. The van der Waals surface area contributed by atoms with Gasteiger partial charge in [0.1, 0.15) is 5.01 Å². The fraction of sp³-hybridized carbons (Fsp3) is 0.286. The van der Waals surface area contributed by atoms with Crippen LogP contribution in [0, 0.1) is 5.92 Å². The number of thiazole rings is 1. The summed E-state index contributed by atoms with van der Waals surface area (Å²) >= 11 is 3.20.